The molecule has 1 aliphatic heterocycles. The Labute approximate surface area is 106 Å². The molecule has 0 aromatic carbocycles. The molecule has 4 atom stereocenters. The zero-order valence-electron chi connectivity index (χ0n) is 9.62. The van der Waals surface area contributed by atoms with Gasteiger partial charge in [-0.3, -0.25) is 19.5 Å². The third-order valence-electron chi connectivity index (χ3n) is 2.92. The van der Waals surface area contributed by atoms with Crippen LogP contribution in [0.5, 0.6) is 0 Å². The second kappa shape index (κ2) is 5.05. The molecule has 1 saturated heterocycles. The number of aliphatic hydroxyl groups excluding tert-OH is 3. The standard InChI is InChI=1S/C10H12N2O7/c13-4-6-8(15)9(16)10(19-6)11-3-5(12(17)18)1-2-7(11)14/h1-3,6,8-10,13,15-16H,4H2/t6-,8-,9-,10-/m0/s1. The zero-order chi connectivity index (χ0) is 14.2. The van der Waals surface area contributed by atoms with Crippen molar-refractivity contribution in [3.63, 3.8) is 0 Å². The maximum Gasteiger partial charge on any atom is 0.285 e. The molecular weight excluding hydrogens is 260 g/mol. The summed E-state index contributed by atoms with van der Waals surface area (Å²) in [6.45, 7) is -0.543. The van der Waals surface area contributed by atoms with Gasteiger partial charge in [-0.2, -0.15) is 0 Å². The largest absolute Gasteiger partial charge is 0.394 e. The van der Waals surface area contributed by atoms with Gasteiger partial charge in [0.15, 0.2) is 6.23 Å². The number of nitrogens with zero attached hydrogens (tertiary/aromatic N) is 2. The van der Waals surface area contributed by atoms with Crippen LogP contribution in [-0.4, -0.2) is 49.7 Å². The van der Waals surface area contributed by atoms with Gasteiger partial charge >= 0.3 is 0 Å². The van der Waals surface area contributed by atoms with Crippen LogP contribution >= 0.6 is 0 Å². The van der Waals surface area contributed by atoms with Crippen LogP contribution in [0.25, 0.3) is 0 Å². The Morgan fingerprint density at radius 3 is 2.58 bits per heavy atom. The summed E-state index contributed by atoms with van der Waals surface area (Å²) >= 11 is 0. The number of pyridine rings is 1. The molecular formula is C10H12N2O7. The predicted molar refractivity (Wildman–Crippen MR) is 60.4 cm³/mol. The third-order valence-corrected chi connectivity index (χ3v) is 2.92. The molecule has 9 heteroatoms. The van der Waals surface area contributed by atoms with E-state index in [-0.39, 0.29) is 5.69 Å². The van der Waals surface area contributed by atoms with Crippen molar-refractivity contribution in [2.24, 2.45) is 0 Å². The molecule has 3 N–H and O–H groups in total. The van der Waals surface area contributed by atoms with Crippen LogP contribution in [0.2, 0.25) is 0 Å². The van der Waals surface area contributed by atoms with Crippen LogP contribution in [0.15, 0.2) is 23.1 Å². The second-order valence-electron chi connectivity index (χ2n) is 4.12. The molecule has 0 unspecified atom stereocenters. The molecule has 0 bridgehead atoms. The van der Waals surface area contributed by atoms with Gasteiger partial charge in [-0.25, -0.2) is 0 Å². The van der Waals surface area contributed by atoms with Crippen molar-refractivity contribution in [3.05, 3.63) is 38.8 Å². The summed E-state index contributed by atoms with van der Waals surface area (Å²) < 4.78 is 5.95. The highest BCUT2D eigenvalue weighted by molar-refractivity contribution is 5.25. The summed E-state index contributed by atoms with van der Waals surface area (Å²) in [4.78, 5) is 21.6. The van der Waals surface area contributed by atoms with E-state index in [0.717, 1.165) is 22.9 Å². The molecule has 1 aromatic heterocycles. The maximum absolute atomic E-state index is 11.6. The van der Waals surface area contributed by atoms with Crippen LogP contribution in [-0.2, 0) is 4.74 Å². The smallest absolute Gasteiger partial charge is 0.285 e. The molecule has 0 saturated carbocycles. The van der Waals surface area contributed by atoms with Gasteiger partial charge in [0.2, 0.25) is 0 Å². The number of aromatic nitrogens is 1. The Kier molecular flexibility index (Phi) is 3.62. The summed E-state index contributed by atoms with van der Waals surface area (Å²) in [5.41, 5.74) is -0.974. The van der Waals surface area contributed by atoms with Gasteiger partial charge < -0.3 is 20.1 Å². The number of ether oxygens (including phenoxy) is 1. The van der Waals surface area contributed by atoms with Crippen molar-refractivity contribution in [1.82, 2.24) is 4.57 Å². The summed E-state index contributed by atoms with van der Waals surface area (Å²) in [6.07, 6.45) is -4.24. The molecule has 9 nitrogen and oxygen atoms in total. The molecule has 0 spiro atoms. The lowest BCUT2D eigenvalue weighted by Gasteiger charge is -2.16. The number of hydrogen-bond donors (Lipinski definition) is 3. The quantitative estimate of drug-likeness (QED) is 0.444. The summed E-state index contributed by atoms with van der Waals surface area (Å²) in [7, 11) is 0. The van der Waals surface area contributed by atoms with Crippen molar-refractivity contribution in [3.8, 4) is 0 Å². The van der Waals surface area contributed by atoms with Gasteiger partial charge in [0.25, 0.3) is 11.2 Å². The molecule has 0 amide bonds. The zero-order valence-corrected chi connectivity index (χ0v) is 9.62. The van der Waals surface area contributed by atoms with Crippen LogP contribution in [0, 0.1) is 10.1 Å². The molecule has 1 aliphatic rings. The van der Waals surface area contributed by atoms with Crippen LogP contribution in [0.3, 0.4) is 0 Å². The topological polar surface area (TPSA) is 135 Å². The van der Waals surface area contributed by atoms with E-state index in [4.69, 9.17) is 9.84 Å². The molecule has 1 aromatic rings. The minimum Gasteiger partial charge on any atom is -0.394 e. The molecule has 2 heterocycles. The van der Waals surface area contributed by atoms with E-state index in [1.54, 1.807) is 0 Å². The molecule has 104 valence electrons. The van der Waals surface area contributed by atoms with E-state index in [1.165, 1.54) is 0 Å². The van der Waals surface area contributed by atoms with Gasteiger partial charge in [-0.1, -0.05) is 0 Å². The normalized spacial score (nSPS) is 30.5. The van der Waals surface area contributed by atoms with Gasteiger partial charge in [0, 0.05) is 12.1 Å². The van der Waals surface area contributed by atoms with Crippen molar-refractivity contribution in [1.29, 1.82) is 0 Å². The van der Waals surface area contributed by atoms with Crippen molar-refractivity contribution < 1.29 is 25.0 Å². The van der Waals surface area contributed by atoms with Gasteiger partial charge in [-0.15, -0.1) is 0 Å². The highest BCUT2D eigenvalue weighted by Gasteiger charge is 2.43. The van der Waals surface area contributed by atoms with E-state index in [9.17, 15) is 25.1 Å². The first-order chi connectivity index (χ1) is 8.95. The Morgan fingerprint density at radius 2 is 2.05 bits per heavy atom. The van der Waals surface area contributed by atoms with Gasteiger partial charge in [-0.05, 0) is 0 Å². The monoisotopic (exact) mass is 272 g/mol. The Morgan fingerprint density at radius 1 is 1.37 bits per heavy atom. The average molecular weight is 272 g/mol. The Balaban J connectivity index is 2.39. The summed E-state index contributed by atoms with van der Waals surface area (Å²) in [6, 6.07) is 1.99. The first-order valence-corrected chi connectivity index (χ1v) is 5.44. The van der Waals surface area contributed by atoms with E-state index >= 15 is 0 Å². The minimum atomic E-state index is -1.46. The lowest BCUT2D eigenvalue weighted by molar-refractivity contribution is -0.385. The van der Waals surface area contributed by atoms with E-state index in [0.29, 0.717) is 0 Å². The average Bonchev–Trinajstić information content (AvgIpc) is 2.66. The molecule has 0 aliphatic carbocycles. The summed E-state index contributed by atoms with van der Waals surface area (Å²) in [5, 5.41) is 38.9. The van der Waals surface area contributed by atoms with Gasteiger partial charge in [0.1, 0.15) is 18.3 Å². The Bertz CT molecular complexity index is 543. The summed E-state index contributed by atoms with van der Waals surface area (Å²) in [5.74, 6) is 0. The van der Waals surface area contributed by atoms with Gasteiger partial charge in [0.05, 0.1) is 17.7 Å². The van der Waals surface area contributed by atoms with Crippen molar-refractivity contribution >= 4 is 5.69 Å². The first kappa shape index (κ1) is 13.6. The lowest BCUT2D eigenvalue weighted by atomic mass is 10.1. The van der Waals surface area contributed by atoms with E-state index in [2.05, 4.69) is 0 Å². The number of nitro groups is 1. The van der Waals surface area contributed by atoms with Crippen LogP contribution in [0.1, 0.15) is 6.23 Å². The van der Waals surface area contributed by atoms with Crippen molar-refractivity contribution in [2.75, 3.05) is 6.61 Å². The Hall–Kier alpha value is -1.81. The lowest BCUT2D eigenvalue weighted by Crippen LogP contribution is -2.35. The van der Waals surface area contributed by atoms with Crippen molar-refractivity contribution in [2.45, 2.75) is 24.5 Å². The second-order valence-corrected chi connectivity index (χ2v) is 4.12. The predicted octanol–water partition coefficient (Wildman–Crippen LogP) is -1.63. The van der Waals surface area contributed by atoms with Crippen LogP contribution < -0.4 is 5.56 Å². The van der Waals surface area contributed by atoms with E-state index < -0.39 is 41.6 Å². The molecule has 19 heavy (non-hydrogen) atoms. The number of hydrogen-bond acceptors (Lipinski definition) is 7. The fourth-order valence-electron chi connectivity index (χ4n) is 1.91. The fourth-order valence-corrected chi connectivity index (χ4v) is 1.91. The molecule has 2 rings (SSSR count). The fraction of sp³-hybridized carbons (Fsp3) is 0.500. The van der Waals surface area contributed by atoms with Crippen LogP contribution in [0.4, 0.5) is 5.69 Å². The molecule has 1 fully saturated rings. The first-order valence-electron chi connectivity index (χ1n) is 5.44. The third kappa shape index (κ3) is 2.36. The number of aliphatic hydroxyl groups is 3. The highest BCUT2D eigenvalue weighted by atomic mass is 16.6. The molecule has 0 radical (unpaired) electrons. The maximum atomic E-state index is 11.6. The minimum absolute atomic E-state index is 0.350. The van der Waals surface area contributed by atoms with E-state index in [1.807, 2.05) is 0 Å². The number of rotatable bonds is 3. The SMILES string of the molecule is O=c1ccc([N+](=O)[O-])cn1[C@H]1O[C@@H](CO)[C@H](O)[C@@H]1O. The highest BCUT2D eigenvalue weighted by Crippen LogP contribution is 2.28.